The highest BCUT2D eigenvalue weighted by Gasteiger charge is 2.15. The number of carboxylic acid groups (broad SMARTS) is 2. The quantitative estimate of drug-likeness (QED) is 0.585. The summed E-state index contributed by atoms with van der Waals surface area (Å²) in [6, 6.07) is 11.4. The minimum absolute atomic E-state index is 0.0267. The summed E-state index contributed by atoms with van der Waals surface area (Å²) >= 11 is 0. The molecule has 0 spiro atoms. The van der Waals surface area contributed by atoms with Crippen LogP contribution < -0.4 is 4.74 Å². The Kier molecular flexibility index (Phi) is 5.95. The van der Waals surface area contributed by atoms with Gasteiger partial charge in [0.1, 0.15) is 5.75 Å². The van der Waals surface area contributed by atoms with E-state index < -0.39 is 11.9 Å². The molecule has 0 saturated carbocycles. The van der Waals surface area contributed by atoms with Gasteiger partial charge < -0.3 is 14.9 Å². The number of hydrogen-bond acceptors (Lipinski definition) is 3. The van der Waals surface area contributed by atoms with Gasteiger partial charge in [0, 0.05) is 0 Å². The molecule has 0 aromatic heterocycles. The zero-order valence-electron chi connectivity index (χ0n) is 14.2. The molecule has 2 aromatic carbocycles. The Bertz CT molecular complexity index is 821. The van der Waals surface area contributed by atoms with Gasteiger partial charge >= 0.3 is 11.9 Å². The number of aromatic carboxylic acids is 1. The first-order valence-electron chi connectivity index (χ1n) is 7.95. The number of benzene rings is 2. The molecule has 0 bridgehead atoms. The summed E-state index contributed by atoms with van der Waals surface area (Å²) in [6.45, 7) is 4.45. The average molecular weight is 340 g/mol. The Hall–Kier alpha value is -3.08. The van der Waals surface area contributed by atoms with Crippen molar-refractivity contribution in [1.82, 2.24) is 0 Å². The summed E-state index contributed by atoms with van der Waals surface area (Å²) in [7, 11) is 0. The third-order valence-corrected chi connectivity index (χ3v) is 3.67. The van der Waals surface area contributed by atoms with Gasteiger partial charge in [-0.15, -0.1) is 0 Å². The normalized spacial score (nSPS) is 11.2. The number of carboxylic acids is 2. The Labute approximate surface area is 146 Å². The van der Waals surface area contributed by atoms with E-state index in [-0.39, 0.29) is 11.1 Å². The molecule has 0 saturated heterocycles. The highest BCUT2D eigenvalue weighted by atomic mass is 16.5. The van der Waals surface area contributed by atoms with Crippen molar-refractivity contribution in [1.29, 1.82) is 0 Å². The fourth-order valence-electron chi connectivity index (χ4n) is 2.43. The van der Waals surface area contributed by atoms with E-state index in [1.54, 1.807) is 36.4 Å². The van der Waals surface area contributed by atoms with Crippen LogP contribution in [0.15, 0.2) is 42.5 Å². The lowest BCUT2D eigenvalue weighted by Crippen LogP contribution is -2.04. The Morgan fingerprint density at radius 3 is 2.44 bits per heavy atom. The minimum Gasteiger partial charge on any atom is -0.493 e. The molecule has 2 rings (SSSR count). The second-order valence-electron chi connectivity index (χ2n) is 5.58. The largest absolute Gasteiger partial charge is 0.493 e. The van der Waals surface area contributed by atoms with Crippen LogP contribution in [0.25, 0.3) is 11.6 Å². The van der Waals surface area contributed by atoms with Gasteiger partial charge in [0.05, 0.1) is 17.7 Å². The van der Waals surface area contributed by atoms with Crippen LogP contribution in [-0.2, 0) is 4.79 Å². The summed E-state index contributed by atoms with van der Waals surface area (Å²) < 4.78 is 5.61. The number of ether oxygens (including phenoxy) is 1. The van der Waals surface area contributed by atoms with Crippen molar-refractivity contribution in [3.63, 3.8) is 0 Å². The summed E-state index contributed by atoms with van der Waals surface area (Å²) in [4.78, 5) is 23.0. The van der Waals surface area contributed by atoms with Crippen LogP contribution in [-0.4, -0.2) is 28.8 Å². The van der Waals surface area contributed by atoms with Crippen LogP contribution >= 0.6 is 0 Å². The second kappa shape index (κ2) is 8.15. The highest BCUT2D eigenvalue weighted by molar-refractivity contribution is 6.21. The summed E-state index contributed by atoms with van der Waals surface area (Å²) in [5.41, 5.74) is 1.75. The molecule has 5 nitrogen and oxygen atoms in total. The van der Waals surface area contributed by atoms with E-state index in [1.807, 2.05) is 13.8 Å². The van der Waals surface area contributed by atoms with E-state index in [0.717, 1.165) is 12.0 Å². The monoisotopic (exact) mass is 340 g/mol. The van der Waals surface area contributed by atoms with Crippen LogP contribution in [0.1, 0.15) is 40.4 Å². The lowest BCUT2D eigenvalue weighted by Gasteiger charge is -2.11. The van der Waals surface area contributed by atoms with Crippen molar-refractivity contribution >= 4 is 23.6 Å². The van der Waals surface area contributed by atoms with Crippen molar-refractivity contribution in [3.8, 4) is 5.75 Å². The molecule has 0 atom stereocenters. The SMILES string of the molecule is CCCOc1ccc(/C(=C/c2ccccc2C(=O)O)C(=O)O)cc1C. The molecule has 0 aliphatic heterocycles. The third kappa shape index (κ3) is 4.47. The van der Waals surface area contributed by atoms with E-state index in [0.29, 0.717) is 23.5 Å². The van der Waals surface area contributed by atoms with Crippen LogP contribution in [0, 0.1) is 6.92 Å². The second-order valence-corrected chi connectivity index (χ2v) is 5.58. The maximum absolute atomic E-state index is 11.7. The summed E-state index contributed by atoms with van der Waals surface area (Å²) in [6.07, 6.45) is 2.26. The van der Waals surface area contributed by atoms with Crippen molar-refractivity contribution in [2.75, 3.05) is 6.61 Å². The Balaban J connectivity index is 2.47. The lowest BCUT2D eigenvalue weighted by molar-refractivity contribution is -0.130. The predicted molar refractivity (Wildman–Crippen MR) is 95.9 cm³/mol. The van der Waals surface area contributed by atoms with Gasteiger partial charge in [-0.1, -0.05) is 31.2 Å². The summed E-state index contributed by atoms with van der Waals surface area (Å²) in [5.74, 6) is -1.51. The molecule has 2 N–H and O–H groups in total. The van der Waals surface area contributed by atoms with Gasteiger partial charge in [-0.2, -0.15) is 0 Å². The molecule has 5 heteroatoms. The van der Waals surface area contributed by atoms with Gasteiger partial charge in [-0.05, 0) is 54.3 Å². The van der Waals surface area contributed by atoms with E-state index in [9.17, 15) is 19.8 Å². The molecule has 25 heavy (non-hydrogen) atoms. The molecule has 0 radical (unpaired) electrons. The van der Waals surface area contributed by atoms with Gasteiger partial charge in [-0.25, -0.2) is 9.59 Å². The van der Waals surface area contributed by atoms with E-state index in [1.165, 1.54) is 12.1 Å². The fraction of sp³-hybridized carbons (Fsp3) is 0.200. The third-order valence-electron chi connectivity index (χ3n) is 3.67. The number of aliphatic carboxylic acids is 1. The van der Waals surface area contributed by atoms with Crippen LogP contribution in [0.4, 0.5) is 0 Å². The van der Waals surface area contributed by atoms with Gasteiger partial charge in [0.15, 0.2) is 0 Å². The molecule has 2 aromatic rings. The molecule has 0 fully saturated rings. The average Bonchev–Trinajstić information content (AvgIpc) is 2.58. The van der Waals surface area contributed by atoms with Crippen LogP contribution in [0.2, 0.25) is 0 Å². The number of aryl methyl sites for hydroxylation is 1. The molecular weight excluding hydrogens is 320 g/mol. The number of rotatable bonds is 7. The Morgan fingerprint density at radius 1 is 1.12 bits per heavy atom. The van der Waals surface area contributed by atoms with Crippen LogP contribution in [0.3, 0.4) is 0 Å². The molecule has 0 amide bonds. The van der Waals surface area contributed by atoms with Gasteiger partial charge in [-0.3, -0.25) is 0 Å². The fourth-order valence-corrected chi connectivity index (χ4v) is 2.43. The number of carbonyl (C=O) groups is 2. The van der Waals surface area contributed by atoms with Crippen molar-refractivity contribution in [2.24, 2.45) is 0 Å². The minimum atomic E-state index is -1.12. The Morgan fingerprint density at radius 2 is 1.84 bits per heavy atom. The van der Waals surface area contributed by atoms with Crippen molar-refractivity contribution < 1.29 is 24.5 Å². The lowest BCUT2D eigenvalue weighted by atomic mass is 9.98. The van der Waals surface area contributed by atoms with E-state index in [2.05, 4.69) is 0 Å². The first kappa shape index (κ1) is 18.3. The maximum Gasteiger partial charge on any atom is 0.336 e. The zero-order valence-corrected chi connectivity index (χ0v) is 14.2. The maximum atomic E-state index is 11.7. The first-order chi connectivity index (χ1) is 11.9. The standard InChI is InChI=1S/C20H20O5/c1-3-10-25-18-9-8-15(11-13(18)2)17(20(23)24)12-14-6-4-5-7-16(14)19(21)22/h4-9,11-12H,3,10H2,1-2H3,(H,21,22)(H,23,24)/b17-12-. The first-order valence-corrected chi connectivity index (χ1v) is 7.95. The molecule has 0 aliphatic rings. The molecule has 0 unspecified atom stereocenters. The van der Waals surface area contributed by atoms with Crippen molar-refractivity contribution in [3.05, 3.63) is 64.7 Å². The molecular formula is C20H20O5. The van der Waals surface area contributed by atoms with Gasteiger partial charge in [0.25, 0.3) is 0 Å². The molecule has 130 valence electrons. The van der Waals surface area contributed by atoms with Crippen LogP contribution in [0.5, 0.6) is 5.75 Å². The van der Waals surface area contributed by atoms with E-state index in [4.69, 9.17) is 4.74 Å². The zero-order chi connectivity index (χ0) is 18.4. The smallest absolute Gasteiger partial charge is 0.336 e. The molecule has 0 heterocycles. The summed E-state index contributed by atoms with van der Waals surface area (Å²) in [5, 5.41) is 18.8. The highest BCUT2D eigenvalue weighted by Crippen LogP contribution is 2.26. The number of hydrogen-bond donors (Lipinski definition) is 2. The van der Waals surface area contributed by atoms with E-state index >= 15 is 0 Å². The topological polar surface area (TPSA) is 83.8 Å². The molecule has 0 aliphatic carbocycles. The predicted octanol–water partition coefficient (Wildman–Crippen LogP) is 4.11. The van der Waals surface area contributed by atoms with Gasteiger partial charge in [0.2, 0.25) is 0 Å². The van der Waals surface area contributed by atoms with Crippen molar-refractivity contribution in [2.45, 2.75) is 20.3 Å².